The van der Waals surface area contributed by atoms with Crippen molar-refractivity contribution in [2.24, 2.45) is 5.73 Å². The molecular formula is C25H23ClF3N3O2S. The fourth-order valence-corrected chi connectivity index (χ4v) is 6.04. The first kappa shape index (κ1) is 25.4. The van der Waals surface area contributed by atoms with E-state index in [9.17, 15) is 23.1 Å². The van der Waals surface area contributed by atoms with Gasteiger partial charge in [-0.05, 0) is 36.5 Å². The number of hydrogen-bond acceptors (Lipinski definition) is 5. The molecule has 2 aromatic heterocycles. The fourth-order valence-electron chi connectivity index (χ4n) is 4.88. The minimum Gasteiger partial charge on any atom is -0.390 e. The molecule has 5 rings (SSSR count). The van der Waals surface area contributed by atoms with E-state index in [0.717, 1.165) is 27.9 Å². The Balaban J connectivity index is 0.00000289. The fraction of sp³-hybridized carbons (Fsp3) is 0.280. The molecule has 2 heterocycles. The summed E-state index contributed by atoms with van der Waals surface area (Å²) in [5, 5.41) is 10.3. The predicted molar refractivity (Wildman–Crippen MR) is 134 cm³/mol. The van der Waals surface area contributed by atoms with Gasteiger partial charge in [-0.1, -0.05) is 54.6 Å². The SMILES string of the molecule is CC1(O)CC(N)(c2ccc(-c3sc4ncn(CC(F)(F)F)c(=O)c4c3-c3ccccc3)cc2)C1.Cl. The number of fused-ring (bicyclic) bond motifs is 1. The smallest absolute Gasteiger partial charge is 0.390 e. The van der Waals surface area contributed by atoms with Crippen molar-refractivity contribution in [1.29, 1.82) is 0 Å². The van der Waals surface area contributed by atoms with Crippen LogP contribution in [0.25, 0.3) is 31.8 Å². The molecule has 1 aliphatic rings. The van der Waals surface area contributed by atoms with Crippen LogP contribution in [0.15, 0.2) is 65.7 Å². The Hall–Kier alpha value is -2.72. The molecule has 0 saturated heterocycles. The van der Waals surface area contributed by atoms with Gasteiger partial charge >= 0.3 is 6.18 Å². The Kier molecular flexibility index (Phi) is 6.34. The van der Waals surface area contributed by atoms with Crippen molar-refractivity contribution in [2.75, 3.05) is 0 Å². The molecule has 5 nitrogen and oxygen atoms in total. The summed E-state index contributed by atoms with van der Waals surface area (Å²) in [5.41, 5.74) is 7.35. The Labute approximate surface area is 209 Å². The highest BCUT2D eigenvalue weighted by Crippen LogP contribution is 2.47. The summed E-state index contributed by atoms with van der Waals surface area (Å²) in [6, 6.07) is 16.7. The number of nitrogens with zero attached hydrogens (tertiary/aromatic N) is 2. The lowest BCUT2D eigenvalue weighted by Crippen LogP contribution is -2.58. The highest BCUT2D eigenvalue weighted by molar-refractivity contribution is 7.22. The number of rotatable bonds is 4. The van der Waals surface area contributed by atoms with E-state index in [4.69, 9.17) is 5.73 Å². The number of benzene rings is 2. The van der Waals surface area contributed by atoms with Gasteiger partial charge in [0.15, 0.2) is 0 Å². The second kappa shape index (κ2) is 8.74. The molecule has 4 aromatic rings. The molecular weight excluding hydrogens is 499 g/mol. The van der Waals surface area contributed by atoms with Crippen molar-refractivity contribution in [3.8, 4) is 21.6 Å². The molecule has 0 atom stereocenters. The Morgan fingerprint density at radius 1 is 1.09 bits per heavy atom. The zero-order chi connectivity index (χ0) is 24.3. The second-order valence-corrected chi connectivity index (χ2v) is 10.2. The van der Waals surface area contributed by atoms with E-state index in [0.29, 0.717) is 27.8 Å². The van der Waals surface area contributed by atoms with Gasteiger partial charge in [0.25, 0.3) is 5.56 Å². The summed E-state index contributed by atoms with van der Waals surface area (Å²) in [6.07, 6.45) is -2.66. The molecule has 0 bridgehead atoms. The predicted octanol–water partition coefficient (Wildman–Crippen LogP) is 5.47. The summed E-state index contributed by atoms with van der Waals surface area (Å²) in [5.74, 6) is 0. The standard InChI is InChI=1S/C25H22F3N3O2S.ClH/c1-23(33)11-24(29,12-23)17-9-7-16(8-10-17)20-18(15-5-3-2-4-6-15)19-21(34-20)30-14-31(22(19)32)13-25(26,27)28;/h2-10,14,33H,11-13,29H2,1H3;1H. The van der Waals surface area contributed by atoms with Gasteiger partial charge in [0.05, 0.1) is 17.3 Å². The second-order valence-electron chi connectivity index (χ2n) is 9.23. The first-order chi connectivity index (χ1) is 16.0. The minimum absolute atomic E-state index is 0. The van der Waals surface area contributed by atoms with Crippen molar-refractivity contribution in [3.05, 3.63) is 76.8 Å². The van der Waals surface area contributed by atoms with E-state index < -0.39 is 29.4 Å². The summed E-state index contributed by atoms with van der Waals surface area (Å²) < 4.78 is 39.7. The molecule has 184 valence electrons. The summed E-state index contributed by atoms with van der Waals surface area (Å²) in [6.45, 7) is 0.361. The van der Waals surface area contributed by atoms with Gasteiger partial charge in [-0.3, -0.25) is 9.36 Å². The quantitative estimate of drug-likeness (QED) is 0.373. The lowest BCUT2D eigenvalue weighted by atomic mass is 9.63. The maximum atomic E-state index is 13.1. The van der Waals surface area contributed by atoms with E-state index in [1.807, 2.05) is 54.6 Å². The summed E-state index contributed by atoms with van der Waals surface area (Å²) in [7, 11) is 0. The molecule has 0 unspecified atom stereocenters. The van der Waals surface area contributed by atoms with Crippen LogP contribution in [0.2, 0.25) is 0 Å². The number of aromatic nitrogens is 2. The van der Waals surface area contributed by atoms with E-state index in [1.165, 1.54) is 11.3 Å². The lowest BCUT2D eigenvalue weighted by Gasteiger charge is -2.49. The zero-order valence-electron chi connectivity index (χ0n) is 18.7. The van der Waals surface area contributed by atoms with Gasteiger partial charge in [0, 0.05) is 16.0 Å². The van der Waals surface area contributed by atoms with E-state index >= 15 is 0 Å². The molecule has 10 heteroatoms. The maximum absolute atomic E-state index is 13.1. The van der Waals surface area contributed by atoms with Crippen LogP contribution in [0.4, 0.5) is 13.2 Å². The topological polar surface area (TPSA) is 81.1 Å². The van der Waals surface area contributed by atoms with Gasteiger partial charge in [-0.2, -0.15) is 13.2 Å². The number of halogens is 4. The largest absolute Gasteiger partial charge is 0.406 e. The monoisotopic (exact) mass is 521 g/mol. The van der Waals surface area contributed by atoms with Crippen molar-refractivity contribution < 1.29 is 18.3 Å². The summed E-state index contributed by atoms with van der Waals surface area (Å²) in [4.78, 5) is 18.4. The van der Waals surface area contributed by atoms with Gasteiger partial charge in [-0.15, -0.1) is 23.7 Å². The first-order valence-corrected chi connectivity index (χ1v) is 11.5. The van der Waals surface area contributed by atoms with Gasteiger partial charge in [-0.25, -0.2) is 4.98 Å². The van der Waals surface area contributed by atoms with Gasteiger partial charge < -0.3 is 10.8 Å². The van der Waals surface area contributed by atoms with Crippen LogP contribution in [-0.2, 0) is 12.1 Å². The molecule has 35 heavy (non-hydrogen) atoms. The van der Waals surface area contributed by atoms with Crippen molar-refractivity contribution >= 4 is 34.0 Å². The van der Waals surface area contributed by atoms with Crippen LogP contribution in [0.5, 0.6) is 0 Å². The minimum atomic E-state index is -4.54. The van der Waals surface area contributed by atoms with Crippen LogP contribution in [-0.4, -0.2) is 26.4 Å². The molecule has 1 fully saturated rings. The third kappa shape index (κ3) is 4.73. The molecule has 0 radical (unpaired) electrons. The lowest BCUT2D eigenvalue weighted by molar-refractivity contribution is -0.141. The van der Waals surface area contributed by atoms with Crippen LogP contribution >= 0.6 is 23.7 Å². The number of hydrogen-bond donors (Lipinski definition) is 2. The van der Waals surface area contributed by atoms with E-state index in [2.05, 4.69) is 4.98 Å². The van der Waals surface area contributed by atoms with Gasteiger partial charge in [0.1, 0.15) is 11.4 Å². The van der Waals surface area contributed by atoms with E-state index in [1.54, 1.807) is 6.92 Å². The van der Waals surface area contributed by atoms with Crippen LogP contribution in [0.3, 0.4) is 0 Å². The Bertz CT molecular complexity index is 1420. The van der Waals surface area contributed by atoms with Crippen molar-refractivity contribution in [1.82, 2.24) is 9.55 Å². The molecule has 0 amide bonds. The Morgan fingerprint density at radius 3 is 2.29 bits per heavy atom. The van der Waals surface area contributed by atoms with Gasteiger partial charge in [0.2, 0.25) is 0 Å². The molecule has 1 aliphatic carbocycles. The first-order valence-electron chi connectivity index (χ1n) is 10.7. The molecule has 0 aliphatic heterocycles. The van der Waals surface area contributed by atoms with Crippen molar-refractivity contribution in [2.45, 2.75) is 43.6 Å². The number of aliphatic hydroxyl groups is 1. The summed E-state index contributed by atoms with van der Waals surface area (Å²) >= 11 is 1.27. The molecule has 1 saturated carbocycles. The highest BCUT2D eigenvalue weighted by atomic mass is 35.5. The number of thiophene rings is 1. The van der Waals surface area contributed by atoms with E-state index in [-0.39, 0.29) is 17.8 Å². The highest BCUT2D eigenvalue weighted by Gasteiger charge is 2.49. The Morgan fingerprint density at radius 2 is 1.71 bits per heavy atom. The molecule has 0 spiro atoms. The average molecular weight is 522 g/mol. The number of alkyl halides is 3. The third-order valence-corrected chi connectivity index (χ3v) is 7.35. The van der Waals surface area contributed by atoms with Crippen LogP contribution in [0.1, 0.15) is 25.3 Å². The molecule has 3 N–H and O–H groups in total. The zero-order valence-corrected chi connectivity index (χ0v) is 20.3. The number of nitrogens with two attached hydrogens (primary N) is 1. The average Bonchev–Trinajstić information content (AvgIpc) is 3.14. The maximum Gasteiger partial charge on any atom is 0.406 e. The van der Waals surface area contributed by atoms with Crippen LogP contribution in [0, 0.1) is 0 Å². The van der Waals surface area contributed by atoms with Crippen LogP contribution < -0.4 is 11.3 Å². The normalized spacial score (nSPS) is 22.0. The third-order valence-electron chi connectivity index (χ3n) is 6.21. The molecule has 2 aromatic carbocycles. The van der Waals surface area contributed by atoms with Crippen molar-refractivity contribution in [3.63, 3.8) is 0 Å².